The van der Waals surface area contributed by atoms with Crippen molar-refractivity contribution in [2.75, 3.05) is 34.5 Å². The number of ether oxygens (including phenoxy) is 3. The molecule has 29 heavy (non-hydrogen) atoms. The van der Waals surface area contributed by atoms with Gasteiger partial charge in [-0.05, 0) is 43.3 Å². The molecule has 0 aliphatic rings. The molecular weight excluding hydrogens is 396 g/mol. The molecule has 0 aromatic heterocycles. The summed E-state index contributed by atoms with van der Waals surface area (Å²) < 4.78 is 42.2. The van der Waals surface area contributed by atoms with Gasteiger partial charge in [0.05, 0.1) is 31.8 Å². The minimum atomic E-state index is -3.65. The van der Waals surface area contributed by atoms with E-state index in [0.29, 0.717) is 17.1 Å². The number of methoxy groups -OCH3 is 3. The summed E-state index contributed by atoms with van der Waals surface area (Å²) >= 11 is 0. The lowest BCUT2D eigenvalue weighted by Crippen LogP contribution is -2.28. The molecule has 1 atom stereocenters. The average Bonchev–Trinajstić information content (AvgIpc) is 2.73. The third-order valence-electron chi connectivity index (χ3n) is 4.28. The van der Waals surface area contributed by atoms with Gasteiger partial charge >= 0.3 is 0 Å². The summed E-state index contributed by atoms with van der Waals surface area (Å²) in [6.07, 6.45) is 0. The molecular formula is C20H26N2O6S. The number of hydrogen-bond donors (Lipinski definition) is 2. The quantitative estimate of drug-likeness (QED) is 0.569. The Kier molecular flexibility index (Phi) is 8.00. The van der Waals surface area contributed by atoms with E-state index in [1.807, 2.05) is 13.0 Å². The Hall–Kier alpha value is -2.62. The predicted octanol–water partition coefficient (Wildman–Crippen LogP) is 2.12. The third-order valence-corrected chi connectivity index (χ3v) is 5.76. The van der Waals surface area contributed by atoms with Gasteiger partial charge in [-0.3, -0.25) is 4.79 Å². The number of sulfonamides is 1. The molecule has 2 N–H and O–H groups in total. The van der Waals surface area contributed by atoms with Crippen molar-refractivity contribution in [1.29, 1.82) is 0 Å². The summed E-state index contributed by atoms with van der Waals surface area (Å²) in [6.45, 7) is 2.27. The molecule has 0 saturated heterocycles. The van der Waals surface area contributed by atoms with Crippen LogP contribution >= 0.6 is 0 Å². The number of amides is 1. The van der Waals surface area contributed by atoms with E-state index in [0.717, 1.165) is 5.56 Å². The molecule has 0 fully saturated rings. The van der Waals surface area contributed by atoms with Gasteiger partial charge in [0.25, 0.3) is 5.91 Å². The molecule has 9 heteroatoms. The van der Waals surface area contributed by atoms with Gasteiger partial charge < -0.3 is 19.5 Å². The molecule has 2 aromatic rings. The van der Waals surface area contributed by atoms with E-state index in [2.05, 4.69) is 10.0 Å². The second kappa shape index (κ2) is 10.2. The third kappa shape index (κ3) is 5.93. The van der Waals surface area contributed by atoms with Crippen molar-refractivity contribution in [3.8, 4) is 11.5 Å². The molecule has 1 amide bonds. The van der Waals surface area contributed by atoms with Crippen LogP contribution in [0.15, 0.2) is 47.4 Å². The molecule has 0 saturated carbocycles. The fourth-order valence-corrected chi connectivity index (χ4v) is 3.69. The van der Waals surface area contributed by atoms with Crippen molar-refractivity contribution in [3.05, 3.63) is 53.6 Å². The molecule has 0 radical (unpaired) electrons. The lowest BCUT2D eigenvalue weighted by atomic mass is 10.1. The second-order valence-electron chi connectivity index (χ2n) is 6.22. The minimum absolute atomic E-state index is 0.0787. The van der Waals surface area contributed by atoms with Crippen LogP contribution in [0.4, 0.5) is 0 Å². The number of benzene rings is 2. The topological polar surface area (TPSA) is 103 Å². The molecule has 0 bridgehead atoms. The number of hydrogen-bond acceptors (Lipinski definition) is 6. The maximum Gasteiger partial charge on any atom is 0.251 e. The van der Waals surface area contributed by atoms with Crippen LogP contribution in [-0.4, -0.2) is 48.8 Å². The lowest BCUT2D eigenvalue weighted by molar-refractivity contribution is 0.0939. The average molecular weight is 423 g/mol. The number of carbonyl (C=O) groups excluding carboxylic acids is 1. The molecule has 1 unspecified atom stereocenters. The van der Waals surface area contributed by atoms with Crippen molar-refractivity contribution >= 4 is 15.9 Å². The van der Waals surface area contributed by atoms with E-state index in [9.17, 15) is 13.2 Å². The molecule has 0 heterocycles. The van der Waals surface area contributed by atoms with E-state index >= 15 is 0 Å². The van der Waals surface area contributed by atoms with Crippen molar-refractivity contribution in [3.63, 3.8) is 0 Å². The maximum atomic E-state index is 12.6. The van der Waals surface area contributed by atoms with E-state index < -0.39 is 10.0 Å². The second-order valence-corrected chi connectivity index (χ2v) is 7.98. The van der Waals surface area contributed by atoms with Gasteiger partial charge in [-0.1, -0.05) is 0 Å². The van der Waals surface area contributed by atoms with E-state index in [1.165, 1.54) is 31.4 Å². The van der Waals surface area contributed by atoms with Gasteiger partial charge in [0, 0.05) is 30.8 Å². The molecule has 2 rings (SSSR count). The van der Waals surface area contributed by atoms with Crippen LogP contribution in [-0.2, 0) is 14.8 Å². The van der Waals surface area contributed by atoms with Crippen LogP contribution in [0.1, 0.15) is 28.9 Å². The summed E-state index contributed by atoms with van der Waals surface area (Å²) in [6, 6.07) is 10.7. The first-order valence-corrected chi connectivity index (χ1v) is 10.4. The lowest BCUT2D eigenvalue weighted by Gasteiger charge is -2.18. The number of nitrogens with one attached hydrogen (secondary N) is 2. The highest BCUT2D eigenvalue weighted by Gasteiger charge is 2.18. The maximum absolute atomic E-state index is 12.6. The van der Waals surface area contributed by atoms with Crippen LogP contribution < -0.4 is 19.5 Å². The van der Waals surface area contributed by atoms with Crippen LogP contribution in [0, 0.1) is 0 Å². The van der Waals surface area contributed by atoms with Crippen LogP contribution in [0.5, 0.6) is 11.5 Å². The Morgan fingerprint density at radius 2 is 1.72 bits per heavy atom. The van der Waals surface area contributed by atoms with Gasteiger partial charge in [0.1, 0.15) is 11.5 Å². The van der Waals surface area contributed by atoms with Gasteiger partial charge in [-0.2, -0.15) is 0 Å². The number of rotatable bonds is 10. The first-order chi connectivity index (χ1) is 13.8. The van der Waals surface area contributed by atoms with Gasteiger partial charge in [-0.15, -0.1) is 0 Å². The van der Waals surface area contributed by atoms with E-state index in [1.54, 1.807) is 26.4 Å². The highest BCUT2D eigenvalue weighted by Crippen LogP contribution is 2.29. The highest BCUT2D eigenvalue weighted by molar-refractivity contribution is 7.89. The zero-order valence-corrected chi connectivity index (χ0v) is 17.7. The van der Waals surface area contributed by atoms with Crippen LogP contribution in [0.2, 0.25) is 0 Å². The molecule has 2 aromatic carbocycles. The van der Waals surface area contributed by atoms with Gasteiger partial charge in [0.15, 0.2) is 0 Å². The Balaban J connectivity index is 2.09. The fourth-order valence-electron chi connectivity index (χ4n) is 2.68. The Labute approximate surface area is 171 Å². The molecule has 158 valence electrons. The molecule has 0 spiro atoms. The summed E-state index contributed by atoms with van der Waals surface area (Å²) in [4.78, 5) is 12.6. The van der Waals surface area contributed by atoms with Crippen molar-refractivity contribution in [2.45, 2.75) is 17.9 Å². The van der Waals surface area contributed by atoms with Gasteiger partial charge in [0.2, 0.25) is 10.0 Å². The molecule has 0 aliphatic carbocycles. The van der Waals surface area contributed by atoms with E-state index in [4.69, 9.17) is 14.2 Å². The van der Waals surface area contributed by atoms with Crippen molar-refractivity contribution in [1.82, 2.24) is 10.0 Å². The minimum Gasteiger partial charge on any atom is -0.497 e. The largest absolute Gasteiger partial charge is 0.497 e. The SMILES string of the molecule is COCCNS(=O)(=O)c1ccc(C(=O)NC(C)c2ccc(OC)cc2OC)cc1. The fraction of sp³-hybridized carbons (Fsp3) is 0.350. The smallest absolute Gasteiger partial charge is 0.251 e. The summed E-state index contributed by atoms with van der Waals surface area (Å²) in [5.41, 5.74) is 1.14. The number of carbonyl (C=O) groups is 1. The Bertz CT molecular complexity index is 928. The normalized spacial score (nSPS) is 12.3. The summed E-state index contributed by atoms with van der Waals surface area (Å²) in [5, 5.41) is 2.88. The molecule has 8 nitrogen and oxygen atoms in total. The summed E-state index contributed by atoms with van der Waals surface area (Å²) in [7, 11) is 0.958. The Morgan fingerprint density at radius 1 is 1.03 bits per heavy atom. The van der Waals surface area contributed by atoms with Crippen molar-refractivity contribution < 1.29 is 27.4 Å². The standard InChI is InChI=1S/C20H26N2O6S/c1-14(18-10-7-16(27-3)13-19(18)28-4)22-20(23)15-5-8-17(9-6-15)29(24,25)21-11-12-26-2/h5-10,13-14,21H,11-12H2,1-4H3,(H,22,23). The van der Waals surface area contributed by atoms with Crippen LogP contribution in [0.3, 0.4) is 0 Å². The highest BCUT2D eigenvalue weighted by atomic mass is 32.2. The Morgan fingerprint density at radius 3 is 2.31 bits per heavy atom. The molecule has 0 aliphatic heterocycles. The van der Waals surface area contributed by atoms with Crippen molar-refractivity contribution in [2.24, 2.45) is 0 Å². The monoisotopic (exact) mass is 422 g/mol. The predicted molar refractivity (Wildman–Crippen MR) is 109 cm³/mol. The van der Waals surface area contributed by atoms with E-state index in [-0.39, 0.29) is 30.0 Å². The summed E-state index contributed by atoms with van der Waals surface area (Å²) in [5.74, 6) is 0.924. The zero-order chi connectivity index (χ0) is 21.4. The van der Waals surface area contributed by atoms with Crippen LogP contribution in [0.25, 0.3) is 0 Å². The van der Waals surface area contributed by atoms with Gasteiger partial charge in [-0.25, -0.2) is 13.1 Å². The first-order valence-electron chi connectivity index (χ1n) is 8.94. The first kappa shape index (κ1) is 22.7. The zero-order valence-electron chi connectivity index (χ0n) is 16.9.